The lowest BCUT2D eigenvalue weighted by Gasteiger charge is -2.33. The molecule has 1 aliphatic carbocycles. The smallest absolute Gasteiger partial charge is 0.273 e. The quantitative estimate of drug-likeness (QED) is 0.245. The normalized spacial score (nSPS) is 16.9. The van der Waals surface area contributed by atoms with Crippen molar-refractivity contribution in [1.82, 2.24) is 14.3 Å². The molecule has 0 saturated carbocycles. The summed E-state index contributed by atoms with van der Waals surface area (Å²) in [5.41, 5.74) is 2.24. The summed E-state index contributed by atoms with van der Waals surface area (Å²) in [6, 6.07) is 19.5. The molecule has 5 rings (SSSR count). The van der Waals surface area contributed by atoms with Crippen LogP contribution in [0.2, 0.25) is 0 Å². The number of fused-ring (bicyclic) bond motifs is 1. The Morgan fingerprint density at radius 3 is 2.50 bits per heavy atom. The maximum absolute atomic E-state index is 15.1. The second kappa shape index (κ2) is 11.8. The molecule has 0 spiro atoms. The van der Waals surface area contributed by atoms with E-state index in [2.05, 4.69) is 9.71 Å². The van der Waals surface area contributed by atoms with Crippen LogP contribution in [0.3, 0.4) is 0 Å². The van der Waals surface area contributed by atoms with E-state index in [1.807, 2.05) is 51.2 Å². The van der Waals surface area contributed by atoms with Crippen molar-refractivity contribution in [2.24, 2.45) is 7.05 Å². The maximum Gasteiger partial charge on any atom is 0.273 e. The number of carbonyl (C=O) groups excluding carboxylic acids is 1. The number of rotatable bonds is 9. The molecule has 1 N–H and O–H groups in total. The number of hydrogen-bond donors (Lipinski definition) is 1. The van der Waals surface area contributed by atoms with Crippen molar-refractivity contribution in [1.29, 1.82) is 0 Å². The van der Waals surface area contributed by atoms with Crippen molar-refractivity contribution >= 4 is 21.6 Å². The number of nitrogens with one attached hydrogen (secondary N) is 1. The predicted molar refractivity (Wildman–Crippen MR) is 158 cm³/mol. The Balaban J connectivity index is 1.51. The molecule has 0 fully saturated rings. The van der Waals surface area contributed by atoms with E-state index in [1.165, 1.54) is 30.3 Å². The lowest BCUT2D eigenvalue weighted by molar-refractivity contribution is -0.119. The third-order valence-electron chi connectivity index (χ3n) is 7.86. The van der Waals surface area contributed by atoms with Gasteiger partial charge in [0.1, 0.15) is 5.82 Å². The number of carbonyl (C=O) groups is 1. The van der Waals surface area contributed by atoms with Gasteiger partial charge in [0.2, 0.25) is 15.9 Å². The molecule has 42 heavy (non-hydrogen) atoms. The predicted octanol–water partition coefficient (Wildman–Crippen LogP) is 6.36. The standard InChI is InChI=1S/C32H34F2N4O3S/c1-22-9-12-26(13-10-22)42(40,41)36-29-15-16-32(33,34)28-14-11-25(20-27(28)29)38(21-30-35-17-18-37(30)3)31(39)19-23(2)24-7-5-4-6-8-24/h4-14,17-18,20,23,29,36H,15-16,19,21H2,1-3H3/t23-,29+/m0/s1. The summed E-state index contributed by atoms with van der Waals surface area (Å²) >= 11 is 0. The zero-order valence-corrected chi connectivity index (χ0v) is 24.6. The van der Waals surface area contributed by atoms with Gasteiger partial charge in [0.25, 0.3) is 5.92 Å². The van der Waals surface area contributed by atoms with Crippen molar-refractivity contribution in [2.75, 3.05) is 4.90 Å². The van der Waals surface area contributed by atoms with Gasteiger partial charge in [-0.25, -0.2) is 26.9 Å². The van der Waals surface area contributed by atoms with Crippen LogP contribution in [0.5, 0.6) is 0 Å². The molecule has 1 aliphatic rings. The highest BCUT2D eigenvalue weighted by atomic mass is 32.2. The van der Waals surface area contributed by atoms with E-state index in [1.54, 1.807) is 34.0 Å². The first-order chi connectivity index (χ1) is 19.9. The fraction of sp³-hybridized carbons (Fsp3) is 0.312. The van der Waals surface area contributed by atoms with Gasteiger partial charge in [-0.3, -0.25) is 4.79 Å². The first-order valence-corrected chi connectivity index (χ1v) is 15.4. The van der Waals surface area contributed by atoms with Crippen LogP contribution in [0, 0.1) is 6.92 Å². The molecule has 4 aromatic rings. The highest BCUT2D eigenvalue weighted by Gasteiger charge is 2.42. The molecule has 1 heterocycles. The number of hydrogen-bond acceptors (Lipinski definition) is 4. The number of benzene rings is 3. The Kier molecular flexibility index (Phi) is 8.30. The summed E-state index contributed by atoms with van der Waals surface area (Å²) in [5, 5.41) is 0. The van der Waals surface area contributed by atoms with Crippen LogP contribution in [0.25, 0.3) is 0 Å². The lowest BCUT2D eigenvalue weighted by atomic mass is 9.85. The first-order valence-electron chi connectivity index (χ1n) is 13.9. The third-order valence-corrected chi connectivity index (χ3v) is 9.35. The number of sulfonamides is 1. The molecule has 1 amide bonds. The lowest BCUT2D eigenvalue weighted by Crippen LogP contribution is -2.36. The Labute approximate surface area is 245 Å². The summed E-state index contributed by atoms with van der Waals surface area (Å²) in [4.78, 5) is 19.8. The molecule has 220 valence electrons. The van der Waals surface area contributed by atoms with Crippen molar-refractivity contribution in [3.8, 4) is 0 Å². The molecule has 0 bridgehead atoms. The van der Waals surface area contributed by atoms with Gasteiger partial charge in [-0.15, -0.1) is 0 Å². The molecular formula is C32H34F2N4O3S. The Morgan fingerprint density at radius 2 is 1.83 bits per heavy atom. The average Bonchev–Trinajstić information content (AvgIpc) is 3.37. The van der Waals surface area contributed by atoms with Crippen LogP contribution in [0.4, 0.5) is 14.5 Å². The number of alkyl halides is 2. The summed E-state index contributed by atoms with van der Waals surface area (Å²) < 4.78 is 61.1. The Bertz CT molecular complexity index is 1670. The monoisotopic (exact) mass is 592 g/mol. The Morgan fingerprint density at radius 1 is 1.12 bits per heavy atom. The van der Waals surface area contributed by atoms with Crippen LogP contribution in [-0.2, 0) is 34.3 Å². The number of amides is 1. The number of nitrogens with zero attached hydrogens (tertiary/aromatic N) is 3. The van der Waals surface area contributed by atoms with Crippen LogP contribution in [-0.4, -0.2) is 23.9 Å². The highest BCUT2D eigenvalue weighted by molar-refractivity contribution is 7.89. The van der Waals surface area contributed by atoms with Gasteiger partial charge in [0.15, 0.2) is 0 Å². The van der Waals surface area contributed by atoms with E-state index in [0.717, 1.165) is 11.1 Å². The van der Waals surface area contributed by atoms with Crippen LogP contribution in [0.1, 0.15) is 66.2 Å². The van der Waals surface area contributed by atoms with Crippen LogP contribution in [0.15, 0.2) is 90.1 Å². The van der Waals surface area contributed by atoms with Gasteiger partial charge >= 0.3 is 0 Å². The van der Waals surface area contributed by atoms with Gasteiger partial charge in [0.05, 0.1) is 11.4 Å². The van der Waals surface area contributed by atoms with Crippen LogP contribution < -0.4 is 9.62 Å². The molecule has 0 radical (unpaired) electrons. The van der Waals surface area contributed by atoms with Gasteiger partial charge in [-0.2, -0.15) is 0 Å². The van der Waals surface area contributed by atoms with Gasteiger partial charge < -0.3 is 9.47 Å². The Hall–Kier alpha value is -3.89. The van der Waals surface area contributed by atoms with Gasteiger partial charge in [-0.05, 0) is 54.7 Å². The van der Waals surface area contributed by atoms with E-state index >= 15 is 8.78 Å². The molecule has 0 saturated heterocycles. The second-order valence-electron chi connectivity index (χ2n) is 11.0. The molecule has 0 unspecified atom stereocenters. The maximum atomic E-state index is 15.1. The summed E-state index contributed by atoms with van der Waals surface area (Å²) in [7, 11) is -2.17. The first kappa shape index (κ1) is 29.6. The summed E-state index contributed by atoms with van der Waals surface area (Å²) in [6.07, 6.45) is 3.00. The minimum atomic E-state index is -3.99. The molecular weight excluding hydrogens is 558 g/mol. The van der Waals surface area contributed by atoms with Gasteiger partial charge in [0, 0.05) is 49.6 Å². The molecule has 10 heteroatoms. The van der Waals surface area contributed by atoms with E-state index in [-0.39, 0.29) is 47.2 Å². The van der Waals surface area contributed by atoms with Crippen molar-refractivity contribution < 1.29 is 22.0 Å². The zero-order valence-electron chi connectivity index (χ0n) is 23.8. The minimum absolute atomic E-state index is 0.0598. The fourth-order valence-corrected chi connectivity index (χ4v) is 6.59. The molecule has 2 atom stereocenters. The molecule has 3 aromatic carbocycles. The number of aryl methyl sites for hydroxylation is 2. The average molecular weight is 593 g/mol. The van der Waals surface area contributed by atoms with Crippen molar-refractivity contribution in [3.63, 3.8) is 0 Å². The molecule has 1 aromatic heterocycles. The van der Waals surface area contributed by atoms with E-state index in [9.17, 15) is 13.2 Å². The summed E-state index contributed by atoms with van der Waals surface area (Å²) in [5.74, 6) is -2.79. The SMILES string of the molecule is Cc1ccc(S(=O)(=O)N[C@@H]2CCC(F)(F)c3ccc(N(Cc4nccn4C)C(=O)C[C@H](C)c4ccccc4)cc32)cc1. The highest BCUT2D eigenvalue weighted by Crippen LogP contribution is 2.46. The number of anilines is 1. The largest absolute Gasteiger partial charge is 0.337 e. The zero-order chi connectivity index (χ0) is 30.1. The number of aromatic nitrogens is 2. The van der Waals surface area contributed by atoms with Crippen molar-refractivity contribution in [3.05, 3.63) is 113 Å². The van der Waals surface area contributed by atoms with E-state index in [0.29, 0.717) is 11.5 Å². The minimum Gasteiger partial charge on any atom is -0.337 e. The number of halogens is 2. The third kappa shape index (κ3) is 6.29. The van der Waals surface area contributed by atoms with E-state index < -0.39 is 28.4 Å². The second-order valence-corrected chi connectivity index (χ2v) is 12.7. The summed E-state index contributed by atoms with van der Waals surface area (Å²) in [6.45, 7) is 3.94. The fourth-order valence-electron chi connectivity index (χ4n) is 5.34. The molecule has 0 aliphatic heterocycles. The van der Waals surface area contributed by atoms with Gasteiger partial charge in [-0.1, -0.05) is 61.0 Å². The molecule has 7 nitrogen and oxygen atoms in total. The van der Waals surface area contributed by atoms with Crippen LogP contribution >= 0.6 is 0 Å². The topological polar surface area (TPSA) is 84.3 Å². The van der Waals surface area contributed by atoms with E-state index in [4.69, 9.17) is 0 Å². The number of imidazole rings is 1. The van der Waals surface area contributed by atoms with Crippen molar-refractivity contribution in [2.45, 2.75) is 62.4 Å².